The second-order valence-electron chi connectivity index (χ2n) is 5.73. The monoisotopic (exact) mass is 228 g/mol. The van der Waals surface area contributed by atoms with Crippen LogP contribution in [0.3, 0.4) is 0 Å². The van der Waals surface area contributed by atoms with Crippen LogP contribution in [-0.4, -0.2) is 36.1 Å². The van der Waals surface area contributed by atoms with Gasteiger partial charge >= 0.3 is 0 Å². The fraction of sp³-hybridized carbons (Fsp3) is 1.00. The van der Waals surface area contributed by atoms with E-state index in [4.69, 9.17) is 0 Å². The predicted molar refractivity (Wildman–Crippen MR) is 73.9 cm³/mol. The summed E-state index contributed by atoms with van der Waals surface area (Å²) in [6.45, 7) is 18.3. The van der Waals surface area contributed by atoms with Crippen LogP contribution in [0.4, 0.5) is 0 Å². The Morgan fingerprint density at radius 1 is 1.00 bits per heavy atom. The maximum atomic E-state index is 3.50. The lowest BCUT2D eigenvalue weighted by molar-refractivity contribution is 0.131. The maximum absolute atomic E-state index is 3.50. The van der Waals surface area contributed by atoms with E-state index in [1.807, 2.05) is 0 Å². The van der Waals surface area contributed by atoms with E-state index in [0.29, 0.717) is 18.1 Å². The molecule has 0 rings (SSSR count). The van der Waals surface area contributed by atoms with Crippen molar-refractivity contribution >= 4 is 0 Å². The molecule has 0 spiro atoms. The molecule has 0 heterocycles. The lowest BCUT2D eigenvalue weighted by Gasteiger charge is -2.35. The third-order valence-corrected chi connectivity index (χ3v) is 3.05. The van der Waals surface area contributed by atoms with Crippen molar-refractivity contribution in [1.29, 1.82) is 0 Å². The maximum Gasteiger partial charge on any atom is 0.00844 e. The highest BCUT2D eigenvalue weighted by Gasteiger charge is 2.19. The number of nitrogens with zero attached hydrogens (tertiary/aromatic N) is 1. The Morgan fingerprint density at radius 3 is 1.94 bits per heavy atom. The molecule has 0 aromatic rings. The average molecular weight is 228 g/mol. The lowest BCUT2D eigenvalue weighted by atomic mass is 10.0. The van der Waals surface area contributed by atoms with Gasteiger partial charge in [0.05, 0.1) is 0 Å². The van der Waals surface area contributed by atoms with Crippen molar-refractivity contribution in [3.8, 4) is 0 Å². The Kier molecular flexibility index (Phi) is 8.04. The Hall–Kier alpha value is -0.0800. The van der Waals surface area contributed by atoms with Crippen LogP contribution in [0.15, 0.2) is 0 Å². The van der Waals surface area contributed by atoms with E-state index in [9.17, 15) is 0 Å². The molecule has 0 aliphatic carbocycles. The fourth-order valence-corrected chi connectivity index (χ4v) is 2.40. The molecule has 2 unspecified atom stereocenters. The molecule has 0 saturated carbocycles. The van der Waals surface area contributed by atoms with Crippen molar-refractivity contribution in [3.05, 3.63) is 0 Å². The topological polar surface area (TPSA) is 15.3 Å². The normalized spacial score (nSPS) is 16.1. The van der Waals surface area contributed by atoms with Gasteiger partial charge in [-0.25, -0.2) is 0 Å². The van der Waals surface area contributed by atoms with E-state index in [1.54, 1.807) is 0 Å². The largest absolute Gasteiger partial charge is 0.314 e. The van der Waals surface area contributed by atoms with Crippen molar-refractivity contribution < 1.29 is 0 Å². The smallest absolute Gasteiger partial charge is 0.00844 e. The summed E-state index contributed by atoms with van der Waals surface area (Å²) in [6.07, 6.45) is 1.23. The second-order valence-corrected chi connectivity index (χ2v) is 5.73. The molecule has 2 atom stereocenters. The molecule has 0 radical (unpaired) electrons. The number of hydrogen-bond donors (Lipinski definition) is 1. The fourth-order valence-electron chi connectivity index (χ4n) is 2.40. The third-order valence-electron chi connectivity index (χ3n) is 3.05. The Bertz CT molecular complexity index is 166. The highest BCUT2D eigenvalue weighted by Crippen LogP contribution is 2.13. The summed E-state index contributed by atoms with van der Waals surface area (Å²) in [5.74, 6) is 0.749. The zero-order valence-electron chi connectivity index (χ0n) is 12.4. The molecular weight excluding hydrogens is 196 g/mol. The van der Waals surface area contributed by atoms with Crippen LogP contribution in [0.1, 0.15) is 54.9 Å². The first-order chi connectivity index (χ1) is 7.38. The number of hydrogen-bond acceptors (Lipinski definition) is 2. The van der Waals surface area contributed by atoms with Crippen molar-refractivity contribution in [2.75, 3.05) is 13.1 Å². The summed E-state index contributed by atoms with van der Waals surface area (Å²) in [7, 11) is 0. The Morgan fingerprint density at radius 2 is 1.56 bits per heavy atom. The van der Waals surface area contributed by atoms with E-state index in [0.717, 1.165) is 12.5 Å². The predicted octanol–water partition coefficient (Wildman–Crippen LogP) is 3.13. The van der Waals surface area contributed by atoms with Gasteiger partial charge in [-0.2, -0.15) is 0 Å². The summed E-state index contributed by atoms with van der Waals surface area (Å²) in [6, 6.07) is 1.93. The second kappa shape index (κ2) is 8.08. The molecule has 0 saturated heterocycles. The molecule has 0 aliphatic rings. The van der Waals surface area contributed by atoms with Crippen LogP contribution in [0.5, 0.6) is 0 Å². The van der Waals surface area contributed by atoms with Crippen LogP contribution in [0, 0.1) is 5.92 Å². The molecule has 1 N–H and O–H groups in total. The molecule has 2 nitrogen and oxygen atoms in total. The van der Waals surface area contributed by atoms with Gasteiger partial charge in [0.25, 0.3) is 0 Å². The molecule has 0 fully saturated rings. The molecule has 0 aromatic carbocycles. The third kappa shape index (κ3) is 6.49. The van der Waals surface area contributed by atoms with Gasteiger partial charge in [0.2, 0.25) is 0 Å². The van der Waals surface area contributed by atoms with Gasteiger partial charge in [-0.05, 0) is 46.6 Å². The molecule has 98 valence electrons. The quantitative estimate of drug-likeness (QED) is 0.686. The lowest BCUT2D eigenvalue weighted by Crippen LogP contribution is -2.44. The molecule has 16 heavy (non-hydrogen) atoms. The van der Waals surface area contributed by atoms with Gasteiger partial charge in [0.1, 0.15) is 0 Å². The van der Waals surface area contributed by atoms with Gasteiger partial charge in [-0.1, -0.05) is 20.8 Å². The Balaban J connectivity index is 4.21. The molecular formula is C14H32N2. The average Bonchev–Trinajstić information content (AvgIpc) is 2.13. The molecule has 0 amide bonds. The van der Waals surface area contributed by atoms with Crippen LogP contribution in [0.2, 0.25) is 0 Å². The minimum absolute atomic E-state index is 0.619. The summed E-state index contributed by atoms with van der Waals surface area (Å²) in [5, 5.41) is 3.50. The van der Waals surface area contributed by atoms with E-state index < -0.39 is 0 Å². The van der Waals surface area contributed by atoms with Crippen LogP contribution in [-0.2, 0) is 0 Å². The Labute approximate surface area is 103 Å². The summed E-state index contributed by atoms with van der Waals surface area (Å²) in [5.41, 5.74) is 0. The van der Waals surface area contributed by atoms with Gasteiger partial charge in [-0.15, -0.1) is 0 Å². The highest BCUT2D eigenvalue weighted by atomic mass is 15.2. The minimum Gasteiger partial charge on any atom is -0.314 e. The standard InChI is InChI=1S/C14H32N2/c1-8-15-13(6)9-14(7)16(12(4)5)10-11(2)3/h11-15H,8-10H2,1-7H3. The molecule has 0 bridgehead atoms. The first-order valence-corrected chi connectivity index (χ1v) is 6.87. The van der Waals surface area contributed by atoms with Gasteiger partial charge in [0, 0.05) is 24.7 Å². The van der Waals surface area contributed by atoms with Crippen molar-refractivity contribution in [3.63, 3.8) is 0 Å². The van der Waals surface area contributed by atoms with Crippen molar-refractivity contribution in [2.45, 2.75) is 73.0 Å². The summed E-state index contributed by atoms with van der Waals surface area (Å²) >= 11 is 0. The SMILES string of the molecule is CCNC(C)CC(C)N(CC(C)C)C(C)C. The molecule has 0 aromatic heterocycles. The van der Waals surface area contributed by atoms with Gasteiger partial charge in [0.15, 0.2) is 0 Å². The highest BCUT2D eigenvalue weighted by molar-refractivity contribution is 4.76. The summed E-state index contributed by atoms with van der Waals surface area (Å²) < 4.78 is 0. The van der Waals surface area contributed by atoms with Crippen LogP contribution in [0.25, 0.3) is 0 Å². The van der Waals surface area contributed by atoms with Crippen LogP contribution < -0.4 is 5.32 Å². The van der Waals surface area contributed by atoms with E-state index in [1.165, 1.54) is 13.0 Å². The van der Waals surface area contributed by atoms with Crippen LogP contribution >= 0.6 is 0 Å². The first-order valence-electron chi connectivity index (χ1n) is 6.87. The number of rotatable bonds is 8. The summed E-state index contributed by atoms with van der Waals surface area (Å²) in [4.78, 5) is 2.62. The van der Waals surface area contributed by atoms with E-state index >= 15 is 0 Å². The zero-order chi connectivity index (χ0) is 12.7. The minimum atomic E-state index is 0.619. The van der Waals surface area contributed by atoms with Gasteiger partial charge < -0.3 is 5.32 Å². The van der Waals surface area contributed by atoms with Crippen molar-refractivity contribution in [2.24, 2.45) is 5.92 Å². The zero-order valence-corrected chi connectivity index (χ0v) is 12.4. The van der Waals surface area contributed by atoms with Crippen molar-refractivity contribution in [1.82, 2.24) is 10.2 Å². The van der Waals surface area contributed by atoms with E-state index in [-0.39, 0.29) is 0 Å². The molecule has 2 heteroatoms. The van der Waals surface area contributed by atoms with Gasteiger partial charge in [-0.3, -0.25) is 4.90 Å². The van der Waals surface area contributed by atoms with E-state index in [2.05, 4.69) is 58.7 Å². The first kappa shape index (κ1) is 15.9. The molecule has 0 aliphatic heterocycles. The number of nitrogens with one attached hydrogen (secondary N) is 1.